The van der Waals surface area contributed by atoms with Gasteiger partial charge in [0.2, 0.25) is 0 Å². The van der Waals surface area contributed by atoms with Gasteiger partial charge in [-0.2, -0.15) is 0 Å². The van der Waals surface area contributed by atoms with Crippen LogP contribution in [-0.2, 0) is 24.0 Å². The summed E-state index contributed by atoms with van der Waals surface area (Å²) in [6.45, 7) is 6.34. The number of carbonyl (C=O) groups is 1. The minimum Gasteiger partial charge on any atom is -0.491 e. The molecule has 1 aliphatic carbocycles. The van der Waals surface area contributed by atoms with E-state index in [-0.39, 0.29) is 18.1 Å². The monoisotopic (exact) mass is 492 g/mol. The van der Waals surface area contributed by atoms with Crippen molar-refractivity contribution in [3.05, 3.63) is 64.7 Å². The maximum atomic E-state index is 12.8. The van der Waals surface area contributed by atoms with E-state index in [1.54, 1.807) is 0 Å². The first-order chi connectivity index (χ1) is 17.4. The van der Waals surface area contributed by atoms with Crippen LogP contribution in [0.5, 0.6) is 5.75 Å². The molecule has 2 aromatic rings. The number of aryl methyl sites for hydroxylation is 1. The van der Waals surface area contributed by atoms with E-state index in [1.807, 2.05) is 31.2 Å². The summed E-state index contributed by atoms with van der Waals surface area (Å²) in [4.78, 5) is 15.3. The molecular formula is C30H40N2O4. The summed E-state index contributed by atoms with van der Waals surface area (Å²) in [6, 6.07) is 14.4. The van der Waals surface area contributed by atoms with Crippen molar-refractivity contribution in [3.8, 4) is 5.75 Å². The summed E-state index contributed by atoms with van der Waals surface area (Å²) in [6.07, 6.45) is 7.94. The Bertz CT molecular complexity index is 1020. The Balaban J connectivity index is 1.08. The highest BCUT2D eigenvalue weighted by atomic mass is 16.5. The van der Waals surface area contributed by atoms with Gasteiger partial charge in [0.1, 0.15) is 12.4 Å². The Kier molecular flexibility index (Phi) is 7.94. The van der Waals surface area contributed by atoms with Crippen LogP contribution in [-0.4, -0.2) is 66.5 Å². The van der Waals surface area contributed by atoms with Crippen LogP contribution in [0.15, 0.2) is 42.5 Å². The lowest BCUT2D eigenvalue weighted by Gasteiger charge is -2.35. The zero-order chi connectivity index (χ0) is 25.0. The van der Waals surface area contributed by atoms with Crippen molar-refractivity contribution in [1.29, 1.82) is 0 Å². The number of fused-ring (bicyclic) bond motifs is 1. The van der Waals surface area contributed by atoms with Crippen molar-refractivity contribution >= 4 is 5.91 Å². The summed E-state index contributed by atoms with van der Waals surface area (Å²) >= 11 is 0. The molecule has 2 aliphatic heterocycles. The summed E-state index contributed by atoms with van der Waals surface area (Å²) < 4.78 is 11.4. The minimum atomic E-state index is -0.490. The molecular weight excluding hydrogens is 452 g/mol. The molecule has 2 aromatic carbocycles. The van der Waals surface area contributed by atoms with Gasteiger partial charge in [-0.1, -0.05) is 18.2 Å². The average molecular weight is 493 g/mol. The lowest BCUT2D eigenvalue weighted by Crippen LogP contribution is -2.43. The van der Waals surface area contributed by atoms with Gasteiger partial charge >= 0.3 is 0 Å². The van der Waals surface area contributed by atoms with E-state index in [9.17, 15) is 9.90 Å². The molecule has 36 heavy (non-hydrogen) atoms. The molecule has 2 heterocycles. The van der Waals surface area contributed by atoms with Gasteiger partial charge in [-0.05, 0) is 99.2 Å². The largest absolute Gasteiger partial charge is 0.491 e. The molecule has 6 heteroatoms. The Hall–Kier alpha value is -2.41. The van der Waals surface area contributed by atoms with Crippen LogP contribution in [0.2, 0.25) is 0 Å². The Labute approximate surface area is 215 Å². The standard InChI is InChI=1S/C30H40N2O4/c1-30(34)13-16-32(17-14-30)15-12-22-4-5-25-20-26(9-6-24(25)19-22)31-29(33)23-7-10-27(11-8-23)36-21-28-3-2-18-35-28/h4-5,7-8,10-11,19,26,28,34H,2-3,6,9,12-18,20-21H2,1H3,(H,31,33)/t26-,28-/m0/s1. The Morgan fingerprint density at radius 1 is 1.14 bits per heavy atom. The normalized spacial score (nSPS) is 23.7. The maximum Gasteiger partial charge on any atom is 0.251 e. The number of ether oxygens (including phenoxy) is 2. The maximum absolute atomic E-state index is 12.8. The molecule has 0 unspecified atom stereocenters. The fraction of sp³-hybridized carbons (Fsp3) is 0.567. The first kappa shape index (κ1) is 25.2. The molecule has 0 bridgehead atoms. The van der Waals surface area contributed by atoms with Crippen LogP contribution in [0.3, 0.4) is 0 Å². The van der Waals surface area contributed by atoms with Gasteiger partial charge in [-0.3, -0.25) is 4.79 Å². The number of amides is 1. The van der Waals surface area contributed by atoms with E-state index in [1.165, 1.54) is 16.7 Å². The number of likely N-dealkylation sites (tertiary alicyclic amines) is 1. The van der Waals surface area contributed by atoms with Crippen LogP contribution >= 0.6 is 0 Å². The van der Waals surface area contributed by atoms with Gasteiger partial charge in [-0.15, -0.1) is 0 Å². The van der Waals surface area contributed by atoms with Gasteiger partial charge in [0.15, 0.2) is 0 Å². The highest BCUT2D eigenvalue weighted by Gasteiger charge is 2.27. The molecule has 2 saturated heterocycles. The van der Waals surface area contributed by atoms with E-state index in [4.69, 9.17) is 9.47 Å². The van der Waals surface area contributed by atoms with E-state index < -0.39 is 5.60 Å². The highest BCUT2D eigenvalue weighted by Crippen LogP contribution is 2.25. The lowest BCUT2D eigenvalue weighted by molar-refractivity contribution is -0.00492. The lowest BCUT2D eigenvalue weighted by atomic mass is 9.86. The number of rotatable bonds is 8. The van der Waals surface area contributed by atoms with Crippen molar-refractivity contribution < 1.29 is 19.4 Å². The molecule has 0 spiro atoms. The topological polar surface area (TPSA) is 71.0 Å². The van der Waals surface area contributed by atoms with E-state index in [0.29, 0.717) is 12.2 Å². The zero-order valence-corrected chi connectivity index (χ0v) is 21.5. The molecule has 0 aromatic heterocycles. The molecule has 0 saturated carbocycles. The van der Waals surface area contributed by atoms with Crippen molar-refractivity contribution in [3.63, 3.8) is 0 Å². The van der Waals surface area contributed by atoms with Gasteiger partial charge < -0.3 is 24.8 Å². The predicted octanol–water partition coefficient (Wildman–Crippen LogP) is 3.92. The second-order valence-electron chi connectivity index (χ2n) is 11.1. The number of nitrogens with one attached hydrogen (secondary N) is 1. The molecule has 3 aliphatic rings. The van der Waals surface area contributed by atoms with Crippen LogP contribution in [0.4, 0.5) is 0 Å². The fourth-order valence-electron chi connectivity index (χ4n) is 5.57. The molecule has 2 N–H and O–H groups in total. The second kappa shape index (κ2) is 11.3. The summed E-state index contributed by atoms with van der Waals surface area (Å²) in [7, 11) is 0. The van der Waals surface area contributed by atoms with Crippen molar-refractivity contribution in [2.24, 2.45) is 0 Å². The number of piperidine rings is 1. The summed E-state index contributed by atoms with van der Waals surface area (Å²) in [5.41, 5.74) is 4.33. The van der Waals surface area contributed by atoms with Crippen molar-refractivity contribution in [2.45, 2.75) is 76.0 Å². The van der Waals surface area contributed by atoms with Gasteiger partial charge in [0.25, 0.3) is 5.91 Å². The minimum absolute atomic E-state index is 0.0220. The average Bonchev–Trinajstić information content (AvgIpc) is 3.41. The molecule has 6 nitrogen and oxygen atoms in total. The Morgan fingerprint density at radius 2 is 1.94 bits per heavy atom. The number of carbonyl (C=O) groups excluding carboxylic acids is 1. The molecule has 0 radical (unpaired) electrons. The molecule has 2 atom stereocenters. The van der Waals surface area contributed by atoms with Crippen molar-refractivity contribution in [1.82, 2.24) is 10.2 Å². The third-order valence-corrected chi connectivity index (χ3v) is 8.06. The quantitative estimate of drug-likeness (QED) is 0.585. The number of hydrogen-bond donors (Lipinski definition) is 2. The molecule has 2 fully saturated rings. The Morgan fingerprint density at radius 3 is 2.69 bits per heavy atom. The number of aliphatic hydroxyl groups is 1. The first-order valence-corrected chi connectivity index (χ1v) is 13.6. The third-order valence-electron chi connectivity index (χ3n) is 8.06. The van der Waals surface area contributed by atoms with Gasteiger partial charge in [0.05, 0.1) is 11.7 Å². The van der Waals surface area contributed by atoms with E-state index >= 15 is 0 Å². The SMILES string of the molecule is CC1(O)CCN(CCc2ccc3c(c2)CC[C@H](NC(=O)c2ccc(OC[C@@H]4CCCO4)cc2)C3)CC1. The number of benzene rings is 2. The predicted molar refractivity (Wildman–Crippen MR) is 141 cm³/mol. The molecule has 194 valence electrons. The third kappa shape index (κ3) is 6.67. The zero-order valence-electron chi connectivity index (χ0n) is 21.5. The summed E-state index contributed by atoms with van der Waals surface area (Å²) in [5.74, 6) is 0.753. The van der Waals surface area contributed by atoms with E-state index in [2.05, 4.69) is 28.4 Å². The van der Waals surface area contributed by atoms with Crippen LogP contribution in [0.1, 0.15) is 66.1 Å². The van der Waals surface area contributed by atoms with E-state index in [0.717, 1.165) is 83.4 Å². The number of nitrogens with zero attached hydrogens (tertiary/aromatic N) is 1. The van der Waals surface area contributed by atoms with Gasteiger partial charge in [0, 0.05) is 37.8 Å². The first-order valence-electron chi connectivity index (χ1n) is 13.6. The summed E-state index contributed by atoms with van der Waals surface area (Å²) in [5, 5.41) is 13.4. The number of hydrogen-bond acceptors (Lipinski definition) is 5. The second-order valence-corrected chi connectivity index (χ2v) is 11.1. The molecule has 5 rings (SSSR count). The molecule has 1 amide bonds. The smallest absolute Gasteiger partial charge is 0.251 e. The van der Waals surface area contributed by atoms with Crippen molar-refractivity contribution in [2.75, 3.05) is 32.8 Å². The van der Waals surface area contributed by atoms with Crippen LogP contribution < -0.4 is 10.1 Å². The van der Waals surface area contributed by atoms with Crippen LogP contribution in [0, 0.1) is 0 Å². The highest BCUT2D eigenvalue weighted by molar-refractivity contribution is 5.94. The van der Waals surface area contributed by atoms with Crippen LogP contribution in [0.25, 0.3) is 0 Å². The van der Waals surface area contributed by atoms with Gasteiger partial charge in [-0.25, -0.2) is 0 Å². The fourth-order valence-corrected chi connectivity index (χ4v) is 5.57.